The number of benzene rings is 1. The molecule has 1 aliphatic rings. The molecule has 0 aliphatic carbocycles. The summed E-state index contributed by atoms with van der Waals surface area (Å²) in [6.45, 7) is 8.78. The summed E-state index contributed by atoms with van der Waals surface area (Å²) in [6, 6.07) is 10.9. The van der Waals surface area contributed by atoms with E-state index in [1.807, 2.05) is 0 Å². The van der Waals surface area contributed by atoms with Gasteiger partial charge in [-0.2, -0.15) is 0 Å². The van der Waals surface area contributed by atoms with Gasteiger partial charge in [0.25, 0.3) is 0 Å². The topological polar surface area (TPSA) is 21.3 Å². The molecule has 2 unspecified atom stereocenters. The smallest absolute Gasteiger partial charge is 0.0576 e. The molecular formula is C19H31NO. The van der Waals surface area contributed by atoms with Gasteiger partial charge in [-0.25, -0.2) is 0 Å². The molecule has 0 saturated carbocycles. The third-order valence-electron chi connectivity index (χ3n) is 4.21. The van der Waals surface area contributed by atoms with Gasteiger partial charge in [-0.15, -0.1) is 0 Å². The zero-order valence-corrected chi connectivity index (χ0v) is 13.9. The Labute approximate surface area is 130 Å². The highest BCUT2D eigenvalue weighted by Gasteiger charge is 2.19. The van der Waals surface area contributed by atoms with E-state index in [0.717, 1.165) is 19.6 Å². The molecule has 1 aliphatic heterocycles. The Hall–Kier alpha value is -0.860. The SMILES string of the molecule is CC(C)(C)NCC(CCC1CCCO1)Cc1ccccc1. The van der Waals surface area contributed by atoms with Crippen LogP contribution in [0, 0.1) is 5.92 Å². The number of hydrogen-bond donors (Lipinski definition) is 1. The Morgan fingerprint density at radius 1 is 1.24 bits per heavy atom. The molecular weight excluding hydrogens is 258 g/mol. The first kappa shape index (κ1) is 16.5. The number of rotatable bonds is 7. The van der Waals surface area contributed by atoms with Crippen molar-refractivity contribution in [2.75, 3.05) is 13.2 Å². The molecule has 2 rings (SSSR count). The summed E-state index contributed by atoms with van der Waals surface area (Å²) in [5, 5.41) is 3.68. The first-order valence-electron chi connectivity index (χ1n) is 8.43. The zero-order chi connectivity index (χ0) is 15.1. The van der Waals surface area contributed by atoms with Crippen LogP contribution in [0.1, 0.15) is 52.0 Å². The molecule has 21 heavy (non-hydrogen) atoms. The van der Waals surface area contributed by atoms with Crippen molar-refractivity contribution < 1.29 is 4.74 Å². The van der Waals surface area contributed by atoms with E-state index in [0.29, 0.717) is 12.0 Å². The van der Waals surface area contributed by atoms with Crippen molar-refractivity contribution >= 4 is 0 Å². The fraction of sp³-hybridized carbons (Fsp3) is 0.684. The van der Waals surface area contributed by atoms with Crippen molar-refractivity contribution in [1.29, 1.82) is 0 Å². The van der Waals surface area contributed by atoms with Gasteiger partial charge in [0.1, 0.15) is 0 Å². The quantitative estimate of drug-likeness (QED) is 0.812. The monoisotopic (exact) mass is 289 g/mol. The molecule has 2 atom stereocenters. The van der Waals surface area contributed by atoms with Crippen molar-refractivity contribution in [2.24, 2.45) is 5.92 Å². The summed E-state index contributed by atoms with van der Waals surface area (Å²) in [6.07, 6.45) is 6.64. The van der Waals surface area contributed by atoms with E-state index in [1.54, 1.807) is 0 Å². The van der Waals surface area contributed by atoms with E-state index < -0.39 is 0 Å². The normalized spacial score (nSPS) is 20.6. The highest BCUT2D eigenvalue weighted by molar-refractivity contribution is 5.15. The Morgan fingerprint density at radius 2 is 2.00 bits per heavy atom. The Kier molecular flexibility index (Phi) is 6.25. The maximum absolute atomic E-state index is 5.78. The van der Waals surface area contributed by atoms with Crippen LogP contribution < -0.4 is 5.32 Å². The Morgan fingerprint density at radius 3 is 2.62 bits per heavy atom. The van der Waals surface area contributed by atoms with Gasteiger partial charge in [0.2, 0.25) is 0 Å². The van der Waals surface area contributed by atoms with Gasteiger partial charge in [0, 0.05) is 12.1 Å². The van der Waals surface area contributed by atoms with E-state index in [4.69, 9.17) is 4.74 Å². The molecule has 2 heteroatoms. The molecule has 1 saturated heterocycles. The van der Waals surface area contributed by atoms with Gasteiger partial charge in [0.05, 0.1) is 6.10 Å². The molecule has 1 N–H and O–H groups in total. The minimum absolute atomic E-state index is 0.193. The van der Waals surface area contributed by atoms with Gasteiger partial charge < -0.3 is 10.1 Å². The van der Waals surface area contributed by atoms with Crippen LogP contribution in [0.2, 0.25) is 0 Å². The second kappa shape index (κ2) is 7.95. The summed E-state index contributed by atoms with van der Waals surface area (Å²) in [5.74, 6) is 0.691. The Bertz CT molecular complexity index is 390. The molecule has 118 valence electrons. The molecule has 1 fully saturated rings. The van der Waals surface area contributed by atoms with E-state index in [-0.39, 0.29) is 5.54 Å². The van der Waals surface area contributed by atoms with Crippen molar-refractivity contribution in [3.05, 3.63) is 35.9 Å². The highest BCUT2D eigenvalue weighted by atomic mass is 16.5. The lowest BCUT2D eigenvalue weighted by Gasteiger charge is -2.26. The summed E-state index contributed by atoms with van der Waals surface area (Å²) < 4.78 is 5.78. The van der Waals surface area contributed by atoms with E-state index >= 15 is 0 Å². The van der Waals surface area contributed by atoms with Gasteiger partial charge in [0.15, 0.2) is 0 Å². The molecule has 0 bridgehead atoms. The number of hydrogen-bond acceptors (Lipinski definition) is 2. The maximum Gasteiger partial charge on any atom is 0.0576 e. The molecule has 1 heterocycles. The minimum atomic E-state index is 0.193. The predicted octanol–water partition coefficient (Wildman–Crippen LogP) is 4.19. The lowest BCUT2D eigenvalue weighted by atomic mass is 9.92. The summed E-state index contributed by atoms with van der Waals surface area (Å²) in [7, 11) is 0. The third-order valence-corrected chi connectivity index (χ3v) is 4.21. The van der Waals surface area contributed by atoms with Gasteiger partial charge >= 0.3 is 0 Å². The second-order valence-corrected chi connectivity index (χ2v) is 7.40. The Balaban J connectivity index is 1.86. The average Bonchev–Trinajstić information content (AvgIpc) is 2.95. The summed E-state index contributed by atoms with van der Waals surface area (Å²) in [5.41, 5.74) is 1.64. The first-order valence-corrected chi connectivity index (χ1v) is 8.43. The van der Waals surface area contributed by atoms with E-state index in [2.05, 4.69) is 56.4 Å². The van der Waals surface area contributed by atoms with Gasteiger partial charge in [-0.3, -0.25) is 0 Å². The molecule has 0 amide bonds. The van der Waals surface area contributed by atoms with Crippen LogP contribution in [-0.4, -0.2) is 24.8 Å². The standard InChI is InChI=1S/C19H31NO/c1-19(2,3)20-15-17(11-12-18-10-7-13-21-18)14-16-8-5-4-6-9-16/h4-6,8-9,17-18,20H,7,10-15H2,1-3H3. The van der Waals surface area contributed by atoms with Crippen LogP contribution in [0.15, 0.2) is 30.3 Å². The average molecular weight is 289 g/mol. The number of nitrogens with one attached hydrogen (secondary N) is 1. The maximum atomic E-state index is 5.78. The van der Waals surface area contributed by atoms with Crippen LogP contribution in [0.25, 0.3) is 0 Å². The second-order valence-electron chi connectivity index (χ2n) is 7.40. The van der Waals surface area contributed by atoms with Crippen LogP contribution in [-0.2, 0) is 11.2 Å². The minimum Gasteiger partial charge on any atom is -0.378 e. The highest BCUT2D eigenvalue weighted by Crippen LogP contribution is 2.22. The van der Waals surface area contributed by atoms with Crippen LogP contribution in [0.4, 0.5) is 0 Å². The first-order chi connectivity index (χ1) is 10.0. The van der Waals surface area contributed by atoms with Crippen molar-refractivity contribution in [1.82, 2.24) is 5.32 Å². The van der Waals surface area contributed by atoms with Crippen LogP contribution in [0.3, 0.4) is 0 Å². The van der Waals surface area contributed by atoms with Crippen LogP contribution >= 0.6 is 0 Å². The molecule has 1 aromatic rings. The molecule has 0 spiro atoms. The third kappa shape index (κ3) is 6.62. The largest absolute Gasteiger partial charge is 0.378 e. The van der Waals surface area contributed by atoms with Crippen molar-refractivity contribution in [3.63, 3.8) is 0 Å². The molecule has 0 radical (unpaired) electrons. The van der Waals surface area contributed by atoms with E-state index in [1.165, 1.54) is 31.2 Å². The zero-order valence-electron chi connectivity index (χ0n) is 13.9. The molecule has 0 aromatic heterocycles. The molecule has 1 aromatic carbocycles. The lowest BCUT2D eigenvalue weighted by molar-refractivity contribution is 0.0976. The lowest BCUT2D eigenvalue weighted by Crippen LogP contribution is -2.39. The van der Waals surface area contributed by atoms with Crippen molar-refractivity contribution in [3.8, 4) is 0 Å². The molecule has 2 nitrogen and oxygen atoms in total. The summed E-state index contributed by atoms with van der Waals surface area (Å²) in [4.78, 5) is 0. The van der Waals surface area contributed by atoms with Crippen LogP contribution in [0.5, 0.6) is 0 Å². The predicted molar refractivity (Wildman–Crippen MR) is 89.6 cm³/mol. The van der Waals surface area contributed by atoms with Gasteiger partial charge in [-0.05, 0) is 70.9 Å². The van der Waals surface area contributed by atoms with E-state index in [9.17, 15) is 0 Å². The fourth-order valence-electron chi connectivity index (χ4n) is 2.97. The fourth-order valence-corrected chi connectivity index (χ4v) is 2.97. The summed E-state index contributed by atoms with van der Waals surface area (Å²) >= 11 is 0. The number of ether oxygens (including phenoxy) is 1. The van der Waals surface area contributed by atoms with Crippen molar-refractivity contribution in [2.45, 2.75) is 64.5 Å². The van der Waals surface area contributed by atoms with Gasteiger partial charge in [-0.1, -0.05) is 30.3 Å².